The van der Waals surface area contributed by atoms with Crippen molar-refractivity contribution in [2.45, 2.75) is 83.3 Å². The van der Waals surface area contributed by atoms with Crippen LogP contribution < -0.4 is 21.3 Å². The Balaban J connectivity index is 1.56. The molecule has 0 spiro atoms. The molecule has 1 saturated carbocycles. The van der Waals surface area contributed by atoms with Crippen LogP contribution in [0.4, 0.5) is 0 Å². The van der Waals surface area contributed by atoms with Crippen LogP contribution in [0, 0.1) is 17.8 Å². The molecule has 4 atom stereocenters. The molecule has 44 heavy (non-hydrogen) atoms. The monoisotopic (exact) mass is 616 g/mol. The van der Waals surface area contributed by atoms with Crippen molar-refractivity contribution in [3.05, 3.63) is 58.4 Å². The molecule has 0 bridgehead atoms. The molecule has 1 aliphatic heterocycles. The molecule has 1 aromatic carbocycles. The first kappa shape index (κ1) is 32.8. The van der Waals surface area contributed by atoms with E-state index in [1.165, 1.54) is 17.4 Å². The van der Waals surface area contributed by atoms with Gasteiger partial charge in [0.2, 0.25) is 0 Å². The van der Waals surface area contributed by atoms with Crippen LogP contribution in [0.2, 0.25) is 0 Å². The number of hydrogen-bond acceptors (Lipinski definition) is 9. The van der Waals surface area contributed by atoms with Gasteiger partial charge in [-0.15, -0.1) is 11.3 Å². The van der Waals surface area contributed by atoms with E-state index in [0.29, 0.717) is 42.3 Å². The molecular weight excluding hydrogens is 576 g/mol. The second-order valence-corrected chi connectivity index (χ2v) is 13.1. The molecule has 2 aromatic rings. The van der Waals surface area contributed by atoms with E-state index >= 15 is 0 Å². The van der Waals surface area contributed by atoms with E-state index in [1.807, 2.05) is 67.9 Å². The van der Waals surface area contributed by atoms with E-state index in [0.717, 1.165) is 42.2 Å². The summed E-state index contributed by atoms with van der Waals surface area (Å²) in [5, 5.41) is 13.4. The summed E-state index contributed by atoms with van der Waals surface area (Å²) >= 11 is 1.38. The summed E-state index contributed by atoms with van der Waals surface area (Å²) in [6.45, 7) is 4.43. The number of hydrogen-bond donors (Lipinski definition) is 4. The molecule has 2 fully saturated rings. The summed E-state index contributed by atoms with van der Waals surface area (Å²) in [5.74, 6) is 7.49. The number of benzene rings is 1. The lowest BCUT2D eigenvalue weighted by Gasteiger charge is -2.32. The van der Waals surface area contributed by atoms with E-state index in [1.54, 1.807) is 0 Å². The maximum Gasteiger partial charge on any atom is 0.261 e. The largest absolute Gasteiger partial charge is 0.379 e. The van der Waals surface area contributed by atoms with Crippen molar-refractivity contribution in [1.82, 2.24) is 21.3 Å². The molecule has 1 aliphatic carbocycles. The second kappa shape index (κ2) is 16.1. The zero-order valence-electron chi connectivity index (χ0n) is 25.2. The smallest absolute Gasteiger partial charge is 0.261 e. The van der Waals surface area contributed by atoms with Crippen LogP contribution >= 0.6 is 11.3 Å². The van der Waals surface area contributed by atoms with Crippen molar-refractivity contribution in [3.63, 3.8) is 0 Å². The number of rotatable bonds is 14. The number of allylic oxidation sites excluding steroid dienone is 1. The highest BCUT2D eigenvalue weighted by atomic mass is 32.1. The predicted octanol–water partition coefficient (Wildman–Crippen LogP) is 4.08. The number of thiophene rings is 1. The highest BCUT2D eigenvalue weighted by Gasteiger charge is 2.31. The Morgan fingerprint density at radius 3 is 2.39 bits per heavy atom. The number of amides is 1. The Labute approximate surface area is 261 Å². The van der Waals surface area contributed by atoms with Gasteiger partial charge >= 0.3 is 0 Å². The van der Waals surface area contributed by atoms with Crippen molar-refractivity contribution in [3.8, 4) is 0 Å². The van der Waals surface area contributed by atoms with Crippen molar-refractivity contribution in [2.75, 3.05) is 6.54 Å². The molecule has 10 heteroatoms. The topological polar surface area (TPSA) is 133 Å². The first-order valence-electron chi connectivity index (χ1n) is 15.4. The number of nitrogens with one attached hydrogen (secondary N) is 4. The Bertz CT molecular complexity index is 1480. The summed E-state index contributed by atoms with van der Waals surface area (Å²) in [6.07, 6.45) is 8.28. The molecule has 4 rings (SSSR count). The number of carbonyl (C=O) groups is 1. The predicted molar refractivity (Wildman–Crippen MR) is 172 cm³/mol. The van der Waals surface area contributed by atoms with Crippen LogP contribution in [0.3, 0.4) is 0 Å². The van der Waals surface area contributed by atoms with Gasteiger partial charge in [-0.3, -0.25) is 4.79 Å². The van der Waals surface area contributed by atoms with E-state index in [4.69, 9.17) is 0 Å². The van der Waals surface area contributed by atoms with E-state index in [2.05, 4.69) is 21.3 Å². The van der Waals surface area contributed by atoms with Crippen LogP contribution in [0.5, 0.6) is 0 Å². The van der Waals surface area contributed by atoms with Gasteiger partial charge in [0.25, 0.3) is 5.91 Å². The summed E-state index contributed by atoms with van der Waals surface area (Å²) in [6, 6.07) is 7.65. The highest BCUT2D eigenvalue weighted by Crippen LogP contribution is 2.30. The highest BCUT2D eigenvalue weighted by molar-refractivity contribution is 7.20. The molecule has 1 amide bonds. The second-order valence-electron chi connectivity index (χ2n) is 12.0. The number of carbonyl (C=O) groups excluding carboxylic acids is 5. The fourth-order valence-electron chi connectivity index (χ4n) is 6.24. The lowest BCUT2D eigenvalue weighted by molar-refractivity contribution is 0.0936. The standard InChI is InChI=1S/C34H40N4O5S/c1-22(2)33(38-34(43)32-18-25-10-6-7-11-31(25)44-32)30(21-42)37-27(16-23-8-4-3-5-9-23)29(20-41)36-26(13-15-39)17-24-12-14-35-28(24)19-40/h6-7,10-11,13,18,22-24,26-27,33,35-37H,3-5,8-9,12,14,16-17H2,1-2H3,(H,38,43)/t24-,26?,27?,33?/m0/s1. The molecule has 9 nitrogen and oxygen atoms in total. The Kier molecular flexibility index (Phi) is 12.0. The SMILES string of the molecule is CC(C)C(NC(=O)c1cc2ccccc2s1)C(=C=O)NC(CC1CCCCC1)C(=C=O)NC(C=C=O)C[C@@H]1CCNC1=C=O. The molecule has 0 radical (unpaired) electrons. The zero-order valence-corrected chi connectivity index (χ0v) is 26.1. The van der Waals surface area contributed by atoms with Crippen LogP contribution in [-0.2, 0) is 19.2 Å². The third-order valence-corrected chi connectivity index (χ3v) is 9.70. The van der Waals surface area contributed by atoms with Gasteiger partial charge in [-0.25, -0.2) is 19.2 Å². The third kappa shape index (κ3) is 8.48. The lowest BCUT2D eigenvalue weighted by atomic mass is 9.84. The first-order valence-corrected chi connectivity index (χ1v) is 16.2. The third-order valence-electron chi connectivity index (χ3n) is 8.58. The van der Waals surface area contributed by atoms with Crippen molar-refractivity contribution >= 4 is 51.1 Å². The fourth-order valence-corrected chi connectivity index (χ4v) is 7.20. The van der Waals surface area contributed by atoms with Gasteiger partial charge in [-0.05, 0) is 48.6 Å². The number of fused-ring (bicyclic) bond motifs is 1. The van der Waals surface area contributed by atoms with Gasteiger partial charge in [-0.2, -0.15) is 0 Å². The van der Waals surface area contributed by atoms with Gasteiger partial charge in [0.15, 0.2) is 0 Å². The molecule has 3 unspecified atom stereocenters. The Hall–Kier alpha value is -4.15. The Morgan fingerprint density at radius 1 is 0.977 bits per heavy atom. The summed E-state index contributed by atoms with van der Waals surface area (Å²) in [7, 11) is 0. The van der Waals surface area contributed by atoms with Crippen LogP contribution in [0.15, 0.2) is 53.5 Å². The molecule has 2 heterocycles. The van der Waals surface area contributed by atoms with Gasteiger partial charge in [0.1, 0.15) is 35.2 Å². The van der Waals surface area contributed by atoms with Gasteiger partial charge in [-0.1, -0.05) is 64.2 Å². The maximum absolute atomic E-state index is 13.3. The molecule has 2 aliphatic rings. The summed E-state index contributed by atoms with van der Waals surface area (Å²) in [4.78, 5) is 61.6. The van der Waals surface area contributed by atoms with Crippen molar-refractivity contribution < 1.29 is 24.0 Å². The Morgan fingerprint density at radius 2 is 1.73 bits per heavy atom. The summed E-state index contributed by atoms with van der Waals surface area (Å²) < 4.78 is 0.991. The molecule has 4 N–H and O–H groups in total. The quantitative estimate of drug-likeness (QED) is 0.234. The minimum atomic E-state index is -0.692. The summed E-state index contributed by atoms with van der Waals surface area (Å²) in [5.41, 5.74) is 0.754. The van der Waals surface area contributed by atoms with Gasteiger partial charge in [0.05, 0.1) is 28.7 Å². The van der Waals surface area contributed by atoms with Crippen LogP contribution in [0.25, 0.3) is 10.1 Å². The van der Waals surface area contributed by atoms with E-state index in [9.17, 15) is 24.0 Å². The molecular formula is C34H40N4O5S. The lowest BCUT2D eigenvalue weighted by Crippen LogP contribution is -2.49. The molecule has 1 saturated heterocycles. The molecule has 1 aromatic heterocycles. The zero-order chi connectivity index (χ0) is 31.5. The van der Waals surface area contributed by atoms with Gasteiger partial charge in [0, 0.05) is 23.2 Å². The normalized spacial score (nSPS) is 18.5. The van der Waals surface area contributed by atoms with Crippen molar-refractivity contribution in [1.29, 1.82) is 0 Å². The van der Waals surface area contributed by atoms with Crippen LogP contribution in [0.1, 0.15) is 74.9 Å². The minimum absolute atomic E-state index is 0.137. The van der Waals surface area contributed by atoms with Crippen LogP contribution in [-0.4, -0.2) is 54.3 Å². The molecule has 232 valence electrons. The van der Waals surface area contributed by atoms with Crippen molar-refractivity contribution in [2.24, 2.45) is 17.8 Å². The van der Waals surface area contributed by atoms with E-state index in [-0.39, 0.29) is 29.1 Å². The minimum Gasteiger partial charge on any atom is -0.379 e. The first-order chi connectivity index (χ1) is 21.4. The van der Waals surface area contributed by atoms with E-state index < -0.39 is 18.1 Å². The average molecular weight is 617 g/mol. The average Bonchev–Trinajstić information content (AvgIpc) is 3.68. The maximum atomic E-state index is 13.3. The van der Waals surface area contributed by atoms with Gasteiger partial charge < -0.3 is 21.3 Å². The fraction of sp³-hybridized carbons (Fsp3) is 0.500.